The molecule has 88 valence electrons. The average molecular weight is 213 g/mol. The lowest BCUT2D eigenvalue weighted by atomic mass is 9.99. The summed E-state index contributed by atoms with van der Waals surface area (Å²) in [7, 11) is 0. The normalized spacial score (nSPS) is 22.4. The van der Waals surface area contributed by atoms with Gasteiger partial charge in [0.25, 0.3) is 0 Å². The summed E-state index contributed by atoms with van der Waals surface area (Å²) in [4.78, 5) is 14.9. The predicted molar refractivity (Wildman–Crippen MR) is 61.5 cm³/mol. The zero-order chi connectivity index (χ0) is 10.8. The molecular formula is C12H23NO2. The lowest BCUT2D eigenvalue weighted by Gasteiger charge is -2.13. The quantitative estimate of drug-likeness (QED) is 0.505. The molecule has 1 rings (SSSR count). The van der Waals surface area contributed by atoms with Crippen LogP contribution >= 0.6 is 0 Å². The van der Waals surface area contributed by atoms with Crippen LogP contribution in [0.5, 0.6) is 0 Å². The van der Waals surface area contributed by atoms with Crippen molar-refractivity contribution < 1.29 is 4.84 Å². The highest BCUT2D eigenvalue weighted by molar-refractivity contribution is 4.60. The molecule has 0 bridgehead atoms. The Balaban J connectivity index is 2.22. The van der Waals surface area contributed by atoms with Crippen LogP contribution < -0.4 is 0 Å². The molecule has 3 nitrogen and oxygen atoms in total. The molecule has 0 radical (unpaired) electrons. The summed E-state index contributed by atoms with van der Waals surface area (Å²) in [6.07, 6.45) is 13.8. The lowest BCUT2D eigenvalue weighted by molar-refractivity contribution is 0.0394. The fraction of sp³-hybridized carbons (Fsp3) is 1.00. The van der Waals surface area contributed by atoms with Gasteiger partial charge in [-0.15, -0.1) is 4.91 Å². The Morgan fingerprint density at radius 2 is 1.13 bits per heavy atom. The molecule has 1 fully saturated rings. The Bertz CT molecular complexity index is 150. The third-order valence-electron chi connectivity index (χ3n) is 3.24. The zero-order valence-electron chi connectivity index (χ0n) is 9.62. The molecule has 0 amide bonds. The Morgan fingerprint density at radius 1 is 0.733 bits per heavy atom. The summed E-state index contributed by atoms with van der Waals surface area (Å²) in [5.41, 5.74) is 0. The smallest absolute Gasteiger partial charge is 0.155 e. The van der Waals surface area contributed by atoms with Gasteiger partial charge in [-0.05, 0) is 25.7 Å². The van der Waals surface area contributed by atoms with Crippen molar-refractivity contribution >= 4 is 0 Å². The summed E-state index contributed by atoms with van der Waals surface area (Å²) < 4.78 is 0. The highest BCUT2D eigenvalue weighted by Crippen LogP contribution is 2.18. The van der Waals surface area contributed by atoms with Crippen molar-refractivity contribution in [3.8, 4) is 0 Å². The van der Waals surface area contributed by atoms with Crippen molar-refractivity contribution in [2.45, 2.75) is 76.7 Å². The molecule has 0 heterocycles. The van der Waals surface area contributed by atoms with Crippen molar-refractivity contribution in [2.75, 3.05) is 0 Å². The molecule has 1 aliphatic rings. The van der Waals surface area contributed by atoms with Gasteiger partial charge in [-0.2, -0.15) is 0 Å². The Morgan fingerprint density at radius 3 is 1.53 bits per heavy atom. The molecule has 1 saturated carbocycles. The third kappa shape index (κ3) is 6.47. The fourth-order valence-electron chi connectivity index (χ4n) is 2.29. The average Bonchev–Trinajstić information content (AvgIpc) is 2.22. The summed E-state index contributed by atoms with van der Waals surface area (Å²) in [5.74, 6) is 0. The van der Waals surface area contributed by atoms with Gasteiger partial charge in [0, 0.05) is 0 Å². The number of hydrogen-bond donors (Lipinski definition) is 0. The maximum atomic E-state index is 10.1. The van der Waals surface area contributed by atoms with Gasteiger partial charge in [-0.25, -0.2) is 0 Å². The molecule has 0 aliphatic heterocycles. The van der Waals surface area contributed by atoms with Crippen LogP contribution in [0.4, 0.5) is 0 Å². The van der Waals surface area contributed by atoms with E-state index in [1.807, 2.05) is 0 Å². The minimum absolute atomic E-state index is 0.0851. The van der Waals surface area contributed by atoms with Gasteiger partial charge < -0.3 is 4.84 Å². The third-order valence-corrected chi connectivity index (χ3v) is 3.24. The predicted octanol–water partition coefficient (Wildman–Crippen LogP) is 4.36. The standard InChI is InChI=1S/C12H23NO2/c14-13-15-12-10-8-6-4-2-1-3-5-7-9-11-12/h12H,1-11H2. The Labute approximate surface area is 92.5 Å². The monoisotopic (exact) mass is 213 g/mol. The van der Waals surface area contributed by atoms with Crippen LogP contribution in [0.25, 0.3) is 0 Å². The van der Waals surface area contributed by atoms with E-state index in [1.54, 1.807) is 0 Å². The maximum absolute atomic E-state index is 10.1. The van der Waals surface area contributed by atoms with E-state index in [9.17, 15) is 4.91 Å². The van der Waals surface area contributed by atoms with Crippen LogP contribution in [-0.4, -0.2) is 6.10 Å². The molecule has 0 spiro atoms. The van der Waals surface area contributed by atoms with Crippen molar-refractivity contribution in [1.29, 1.82) is 0 Å². The SMILES string of the molecule is O=NOC1CCCCCCCCCCC1. The fourth-order valence-corrected chi connectivity index (χ4v) is 2.29. The van der Waals surface area contributed by atoms with Crippen molar-refractivity contribution in [3.63, 3.8) is 0 Å². The first-order valence-corrected chi connectivity index (χ1v) is 6.42. The Hall–Kier alpha value is -0.600. The number of rotatable bonds is 2. The van der Waals surface area contributed by atoms with Crippen LogP contribution in [0.2, 0.25) is 0 Å². The number of hydrogen-bond acceptors (Lipinski definition) is 3. The van der Waals surface area contributed by atoms with E-state index in [1.165, 1.54) is 57.8 Å². The van der Waals surface area contributed by atoms with Gasteiger partial charge in [-0.3, -0.25) is 0 Å². The molecule has 1 aliphatic carbocycles. The molecule has 0 aromatic heterocycles. The van der Waals surface area contributed by atoms with E-state index in [-0.39, 0.29) is 6.10 Å². The topological polar surface area (TPSA) is 38.7 Å². The molecule has 0 unspecified atom stereocenters. The van der Waals surface area contributed by atoms with E-state index in [4.69, 9.17) is 4.84 Å². The van der Waals surface area contributed by atoms with Gasteiger partial charge in [-0.1, -0.05) is 44.9 Å². The molecule has 0 aromatic rings. The highest BCUT2D eigenvalue weighted by atomic mass is 16.7. The van der Waals surface area contributed by atoms with Crippen molar-refractivity contribution in [1.82, 2.24) is 0 Å². The zero-order valence-corrected chi connectivity index (χ0v) is 9.62. The second-order valence-corrected chi connectivity index (χ2v) is 4.56. The molecule has 0 aromatic carbocycles. The van der Waals surface area contributed by atoms with Crippen LogP contribution in [0.1, 0.15) is 70.6 Å². The summed E-state index contributed by atoms with van der Waals surface area (Å²) in [6.45, 7) is 0. The molecule has 0 saturated heterocycles. The van der Waals surface area contributed by atoms with Gasteiger partial charge in [0.1, 0.15) is 6.10 Å². The second kappa shape index (κ2) is 8.69. The van der Waals surface area contributed by atoms with Crippen LogP contribution in [0, 0.1) is 4.91 Å². The maximum Gasteiger partial charge on any atom is 0.155 e. The van der Waals surface area contributed by atoms with E-state index in [0.717, 1.165) is 12.8 Å². The minimum Gasteiger partial charge on any atom is -0.361 e. The largest absolute Gasteiger partial charge is 0.361 e. The Kier molecular flexibility index (Phi) is 7.22. The van der Waals surface area contributed by atoms with Crippen LogP contribution in [0.3, 0.4) is 0 Å². The van der Waals surface area contributed by atoms with Gasteiger partial charge in [0.2, 0.25) is 0 Å². The highest BCUT2D eigenvalue weighted by Gasteiger charge is 2.10. The molecule has 0 atom stereocenters. The molecular weight excluding hydrogens is 190 g/mol. The summed E-state index contributed by atoms with van der Waals surface area (Å²) >= 11 is 0. The number of nitrogens with zero attached hydrogens (tertiary/aromatic N) is 1. The van der Waals surface area contributed by atoms with Crippen LogP contribution in [0.15, 0.2) is 5.34 Å². The summed E-state index contributed by atoms with van der Waals surface area (Å²) in [5, 5.41) is 2.58. The van der Waals surface area contributed by atoms with Gasteiger partial charge in [0.05, 0.1) is 0 Å². The van der Waals surface area contributed by atoms with Crippen LogP contribution in [-0.2, 0) is 4.84 Å². The first-order valence-electron chi connectivity index (χ1n) is 6.42. The molecule has 3 heteroatoms. The van der Waals surface area contributed by atoms with Crippen molar-refractivity contribution in [2.24, 2.45) is 5.34 Å². The van der Waals surface area contributed by atoms with E-state index in [2.05, 4.69) is 5.34 Å². The van der Waals surface area contributed by atoms with E-state index in [0.29, 0.717) is 0 Å². The summed E-state index contributed by atoms with van der Waals surface area (Å²) in [6, 6.07) is 0. The first kappa shape index (κ1) is 12.5. The second-order valence-electron chi connectivity index (χ2n) is 4.56. The van der Waals surface area contributed by atoms with E-state index >= 15 is 0 Å². The minimum atomic E-state index is 0.0851. The van der Waals surface area contributed by atoms with E-state index < -0.39 is 0 Å². The molecule has 15 heavy (non-hydrogen) atoms. The first-order chi connectivity index (χ1) is 7.43. The lowest BCUT2D eigenvalue weighted by Crippen LogP contribution is -2.09. The molecule has 0 N–H and O–H groups in total. The van der Waals surface area contributed by atoms with Gasteiger partial charge >= 0.3 is 0 Å². The van der Waals surface area contributed by atoms with Crippen molar-refractivity contribution in [3.05, 3.63) is 4.91 Å². The van der Waals surface area contributed by atoms with Gasteiger partial charge in [0.15, 0.2) is 5.34 Å².